The van der Waals surface area contributed by atoms with Gasteiger partial charge in [0.25, 0.3) is 0 Å². The maximum Gasteiger partial charge on any atom is 0.673 e. The van der Waals surface area contributed by atoms with Crippen molar-refractivity contribution in [2.75, 3.05) is 52.5 Å². The second-order valence-electron chi connectivity index (χ2n) is 4.91. The number of quaternary nitrogens is 1. The Balaban J connectivity index is 0.000000383. The second-order valence-corrected chi connectivity index (χ2v) is 7.21. The Hall–Kier alpha value is -0.145. The van der Waals surface area contributed by atoms with Crippen LogP contribution in [-0.2, 0) is 13.6 Å². The fraction of sp³-hybridized carbons (Fsp3) is 1.00. The van der Waals surface area contributed by atoms with Gasteiger partial charge in [-0.2, -0.15) is 0 Å². The van der Waals surface area contributed by atoms with Gasteiger partial charge in [0.2, 0.25) is 0 Å². The van der Waals surface area contributed by atoms with Crippen LogP contribution in [-0.4, -0.2) is 68.9 Å². The van der Waals surface area contributed by atoms with E-state index in [0.717, 1.165) is 39.3 Å². The molecule has 3 rings (SSSR count). The minimum Gasteiger partial charge on any atom is -0.418 e. The SMILES string of the molecule is CCOP(=O)(OCC)[N+]12CCN(CC1)CC2.F[B-](F)(F)F. The summed E-state index contributed by atoms with van der Waals surface area (Å²) >= 11 is 0. The Kier molecular flexibility index (Phi) is 6.67. The van der Waals surface area contributed by atoms with Crippen molar-refractivity contribution in [2.45, 2.75) is 13.8 Å². The Morgan fingerprint density at radius 2 is 1.33 bits per heavy atom. The van der Waals surface area contributed by atoms with Crippen molar-refractivity contribution < 1.29 is 35.1 Å². The molecule has 2 bridgehead atoms. The van der Waals surface area contributed by atoms with Crippen LogP contribution in [0.5, 0.6) is 0 Å². The van der Waals surface area contributed by atoms with E-state index in [0.29, 0.717) is 17.5 Å². The average molecular weight is 336 g/mol. The van der Waals surface area contributed by atoms with Gasteiger partial charge < -0.3 is 17.3 Å². The fourth-order valence-corrected chi connectivity index (χ4v) is 4.85. The van der Waals surface area contributed by atoms with E-state index < -0.39 is 15.0 Å². The van der Waals surface area contributed by atoms with Gasteiger partial charge in [0.15, 0.2) is 0 Å². The minimum absolute atomic E-state index is 0.459. The summed E-state index contributed by atoms with van der Waals surface area (Å²) in [5, 5.41) is 0. The lowest BCUT2D eigenvalue weighted by Crippen LogP contribution is -2.65. The van der Waals surface area contributed by atoms with E-state index in [-0.39, 0.29) is 0 Å². The van der Waals surface area contributed by atoms with E-state index in [1.807, 2.05) is 13.8 Å². The molecule has 0 N–H and O–H groups in total. The Labute approximate surface area is 122 Å². The van der Waals surface area contributed by atoms with Crippen LogP contribution in [0, 0.1) is 0 Å². The first-order chi connectivity index (χ1) is 9.66. The molecule has 0 spiro atoms. The summed E-state index contributed by atoms with van der Waals surface area (Å²) in [5.41, 5.74) is 0. The summed E-state index contributed by atoms with van der Waals surface area (Å²) in [4.78, 5) is 2.42. The molecule has 0 saturated carbocycles. The normalized spacial score (nSPS) is 29.0. The lowest BCUT2D eigenvalue weighted by atomic mass is 10.2. The maximum atomic E-state index is 12.9. The van der Waals surface area contributed by atoms with E-state index in [4.69, 9.17) is 9.05 Å². The Bertz CT molecular complexity index is 348. The van der Waals surface area contributed by atoms with Crippen LogP contribution in [0.3, 0.4) is 0 Å². The molecule has 3 saturated heterocycles. The van der Waals surface area contributed by atoms with Crippen molar-refractivity contribution in [3.8, 4) is 0 Å². The maximum absolute atomic E-state index is 12.9. The molecule has 0 aromatic rings. The van der Waals surface area contributed by atoms with Crippen LogP contribution in [0.15, 0.2) is 0 Å². The first-order valence-corrected chi connectivity index (χ1v) is 8.50. The summed E-state index contributed by atoms with van der Waals surface area (Å²) in [6.07, 6.45) is 0. The van der Waals surface area contributed by atoms with Crippen molar-refractivity contribution in [3.63, 3.8) is 0 Å². The standard InChI is InChI=1S/C10H22N2O3P.BF4/c1-3-14-16(13,15-4-2)12-8-5-11(6-9-12)7-10-12;2-1(3,4)5/h3-10H2,1-2H3;/q+1;-1. The molecule has 3 aliphatic heterocycles. The lowest BCUT2D eigenvalue weighted by Gasteiger charge is -2.51. The number of fused-ring (bicyclic) bond motifs is 3. The predicted octanol–water partition coefficient (Wildman–Crippen LogP) is 2.61. The molecule has 0 atom stereocenters. The van der Waals surface area contributed by atoms with Gasteiger partial charge in [0.05, 0.1) is 32.8 Å². The third kappa shape index (κ3) is 5.21. The molecule has 21 heavy (non-hydrogen) atoms. The van der Waals surface area contributed by atoms with E-state index >= 15 is 0 Å². The molecule has 126 valence electrons. The van der Waals surface area contributed by atoms with Gasteiger partial charge in [-0.15, -0.1) is 0 Å². The first kappa shape index (κ1) is 18.9. The van der Waals surface area contributed by atoms with Crippen molar-refractivity contribution in [3.05, 3.63) is 0 Å². The zero-order valence-electron chi connectivity index (χ0n) is 12.3. The van der Waals surface area contributed by atoms with E-state index in [9.17, 15) is 21.8 Å². The molecule has 3 aliphatic rings. The highest BCUT2D eigenvalue weighted by molar-refractivity contribution is 7.47. The third-order valence-corrected chi connectivity index (χ3v) is 6.41. The second kappa shape index (κ2) is 7.41. The van der Waals surface area contributed by atoms with Crippen molar-refractivity contribution >= 4 is 15.0 Å². The number of hydrogen-bond acceptors (Lipinski definition) is 4. The molecule has 3 heterocycles. The van der Waals surface area contributed by atoms with Crippen LogP contribution in [0.25, 0.3) is 0 Å². The zero-order valence-corrected chi connectivity index (χ0v) is 13.2. The molecule has 0 radical (unpaired) electrons. The summed E-state index contributed by atoms with van der Waals surface area (Å²) in [6, 6.07) is 0. The van der Waals surface area contributed by atoms with Crippen LogP contribution in [0.1, 0.15) is 13.8 Å². The molecule has 11 heteroatoms. The smallest absolute Gasteiger partial charge is 0.418 e. The topological polar surface area (TPSA) is 38.8 Å². The zero-order chi connectivity index (χ0) is 16.1. The number of piperazine rings is 3. The van der Waals surface area contributed by atoms with E-state index in [1.54, 1.807) is 0 Å². The Morgan fingerprint density at radius 3 is 1.62 bits per heavy atom. The molecule has 0 aromatic carbocycles. The van der Waals surface area contributed by atoms with E-state index in [2.05, 4.69) is 4.90 Å². The molecule has 0 unspecified atom stereocenters. The first-order valence-electron chi connectivity index (χ1n) is 7.01. The van der Waals surface area contributed by atoms with Crippen molar-refractivity contribution in [1.82, 2.24) is 4.90 Å². The van der Waals surface area contributed by atoms with Crippen LogP contribution < -0.4 is 0 Å². The molecular weight excluding hydrogens is 314 g/mol. The quantitative estimate of drug-likeness (QED) is 0.440. The average Bonchev–Trinajstić information content (AvgIpc) is 2.39. The summed E-state index contributed by atoms with van der Waals surface area (Å²) in [5.74, 6) is 0. The summed E-state index contributed by atoms with van der Waals surface area (Å²) in [7, 11) is -8.98. The lowest BCUT2D eigenvalue weighted by molar-refractivity contribution is -0.840. The summed E-state index contributed by atoms with van der Waals surface area (Å²) in [6.45, 7) is 10.4. The highest BCUT2D eigenvalue weighted by Crippen LogP contribution is 2.59. The van der Waals surface area contributed by atoms with Gasteiger partial charge in [0.1, 0.15) is 0 Å². The highest BCUT2D eigenvalue weighted by atomic mass is 31.2. The molecule has 0 amide bonds. The van der Waals surface area contributed by atoms with Crippen LogP contribution >= 0.6 is 7.75 Å². The number of hydrogen-bond donors (Lipinski definition) is 0. The monoisotopic (exact) mass is 336 g/mol. The van der Waals surface area contributed by atoms with E-state index in [1.165, 1.54) is 0 Å². The van der Waals surface area contributed by atoms with Crippen molar-refractivity contribution in [1.29, 1.82) is 0 Å². The highest BCUT2D eigenvalue weighted by Gasteiger charge is 2.54. The van der Waals surface area contributed by atoms with Crippen LogP contribution in [0.4, 0.5) is 17.3 Å². The number of halogens is 4. The van der Waals surface area contributed by atoms with Gasteiger partial charge in [-0.3, -0.25) is 13.9 Å². The summed E-state index contributed by atoms with van der Waals surface area (Å²) < 4.78 is 63.4. The minimum atomic E-state index is -6.00. The van der Waals surface area contributed by atoms with Gasteiger partial charge in [-0.25, -0.2) is 8.82 Å². The Morgan fingerprint density at radius 1 is 1.00 bits per heavy atom. The van der Waals surface area contributed by atoms with Crippen molar-refractivity contribution in [2.24, 2.45) is 0 Å². The largest absolute Gasteiger partial charge is 0.673 e. The molecule has 3 fully saturated rings. The molecule has 0 aliphatic carbocycles. The van der Waals surface area contributed by atoms with Gasteiger partial charge in [-0.1, -0.05) is 0 Å². The third-order valence-electron chi connectivity index (χ3n) is 3.60. The molecular formula is C10H22BF4N2O3P. The number of rotatable bonds is 5. The number of nitrogens with zero attached hydrogens (tertiary/aromatic N) is 2. The molecule has 0 aromatic heterocycles. The van der Waals surface area contributed by atoms with Crippen LogP contribution in [0.2, 0.25) is 0 Å². The molecule has 5 nitrogen and oxygen atoms in total. The van der Waals surface area contributed by atoms with Gasteiger partial charge in [0, 0.05) is 19.6 Å². The fourth-order valence-electron chi connectivity index (χ4n) is 2.63. The van der Waals surface area contributed by atoms with Gasteiger partial charge >= 0.3 is 15.0 Å². The predicted molar refractivity (Wildman–Crippen MR) is 72.3 cm³/mol. The van der Waals surface area contributed by atoms with Gasteiger partial charge in [-0.05, 0) is 13.8 Å².